The van der Waals surface area contributed by atoms with Crippen LogP contribution in [0.5, 0.6) is 5.75 Å². The lowest BCUT2D eigenvalue weighted by Crippen LogP contribution is -2.46. The molecule has 0 spiro atoms. The number of halogens is 1. The maximum Gasteiger partial charge on any atom is 0.242 e. The molecule has 0 aliphatic carbocycles. The third-order valence-electron chi connectivity index (χ3n) is 3.99. The summed E-state index contributed by atoms with van der Waals surface area (Å²) >= 11 is 6.22. The molecule has 0 fully saturated rings. The number of hydrogen-bond donors (Lipinski definition) is 2. The average molecular weight is 375 g/mol. The number of hydrogen-bond acceptors (Lipinski definition) is 5. The first kappa shape index (κ1) is 18.1. The molecule has 2 aromatic rings. The van der Waals surface area contributed by atoms with Gasteiger partial charge < -0.3 is 15.4 Å². The molecule has 8 heteroatoms. The maximum absolute atomic E-state index is 12.0. The highest BCUT2D eigenvalue weighted by atomic mass is 35.5. The SMILES string of the molecule is CC(=O)N[C@@H](C)C(=O)NCC1Cc2cc(Cl)cc(-c3ncccn3)c2O1. The second-order valence-corrected chi connectivity index (χ2v) is 6.56. The lowest BCUT2D eigenvalue weighted by molar-refractivity contribution is -0.127. The van der Waals surface area contributed by atoms with Crippen LogP contribution in [0.25, 0.3) is 11.4 Å². The molecular formula is C18H19ClN4O3. The molecule has 1 aromatic carbocycles. The van der Waals surface area contributed by atoms with Crippen LogP contribution in [0.1, 0.15) is 19.4 Å². The molecule has 2 N–H and O–H groups in total. The molecule has 0 saturated carbocycles. The first-order valence-electron chi connectivity index (χ1n) is 8.25. The Morgan fingerprint density at radius 1 is 1.35 bits per heavy atom. The summed E-state index contributed by atoms with van der Waals surface area (Å²) in [5, 5.41) is 5.93. The second kappa shape index (κ2) is 7.70. The van der Waals surface area contributed by atoms with Crippen LogP contribution in [-0.4, -0.2) is 40.5 Å². The van der Waals surface area contributed by atoms with Crippen molar-refractivity contribution in [3.63, 3.8) is 0 Å². The van der Waals surface area contributed by atoms with E-state index in [-0.39, 0.29) is 17.9 Å². The van der Waals surface area contributed by atoms with Crippen molar-refractivity contribution in [2.24, 2.45) is 0 Å². The van der Waals surface area contributed by atoms with E-state index >= 15 is 0 Å². The van der Waals surface area contributed by atoms with Crippen molar-refractivity contribution in [3.8, 4) is 17.1 Å². The summed E-state index contributed by atoms with van der Waals surface area (Å²) in [5.74, 6) is 0.716. The van der Waals surface area contributed by atoms with Crippen molar-refractivity contribution in [3.05, 3.63) is 41.2 Å². The molecule has 3 rings (SSSR count). The van der Waals surface area contributed by atoms with Crippen LogP contribution in [-0.2, 0) is 16.0 Å². The monoisotopic (exact) mass is 374 g/mol. The standard InChI is InChI=1S/C18H19ClN4O3/c1-10(23-11(2)24)18(25)22-9-14-7-12-6-13(19)8-15(16(12)26-14)17-20-4-3-5-21-17/h3-6,8,10,14H,7,9H2,1-2H3,(H,22,25)(H,23,24)/t10-,14?/m0/s1. The van der Waals surface area contributed by atoms with Crippen LogP contribution in [0.15, 0.2) is 30.6 Å². The molecule has 0 bridgehead atoms. The lowest BCUT2D eigenvalue weighted by atomic mass is 10.1. The lowest BCUT2D eigenvalue weighted by Gasteiger charge is -2.16. The third kappa shape index (κ3) is 4.11. The number of carbonyl (C=O) groups excluding carboxylic acids is 2. The molecule has 1 aliphatic rings. The molecule has 1 unspecified atom stereocenters. The highest BCUT2D eigenvalue weighted by molar-refractivity contribution is 6.31. The highest BCUT2D eigenvalue weighted by Gasteiger charge is 2.28. The van der Waals surface area contributed by atoms with E-state index in [4.69, 9.17) is 16.3 Å². The number of carbonyl (C=O) groups is 2. The van der Waals surface area contributed by atoms with Crippen LogP contribution in [0.2, 0.25) is 5.02 Å². The van der Waals surface area contributed by atoms with Crippen LogP contribution < -0.4 is 15.4 Å². The van der Waals surface area contributed by atoms with E-state index in [1.54, 1.807) is 31.5 Å². The summed E-state index contributed by atoms with van der Waals surface area (Å²) in [7, 11) is 0. The minimum atomic E-state index is -0.598. The Bertz CT molecular complexity index is 829. The van der Waals surface area contributed by atoms with Crippen LogP contribution in [0, 0.1) is 0 Å². The Labute approximate surface area is 156 Å². The van der Waals surface area contributed by atoms with Gasteiger partial charge >= 0.3 is 0 Å². The predicted molar refractivity (Wildman–Crippen MR) is 96.9 cm³/mol. The van der Waals surface area contributed by atoms with E-state index in [1.165, 1.54) is 6.92 Å². The maximum atomic E-state index is 12.0. The summed E-state index contributed by atoms with van der Waals surface area (Å²) in [4.78, 5) is 31.6. The van der Waals surface area contributed by atoms with Crippen molar-refractivity contribution in [2.45, 2.75) is 32.4 Å². The van der Waals surface area contributed by atoms with Crippen molar-refractivity contribution in [1.29, 1.82) is 0 Å². The average Bonchev–Trinajstić information content (AvgIpc) is 3.01. The first-order valence-corrected chi connectivity index (χ1v) is 8.63. The van der Waals surface area contributed by atoms with Crippen LogP contribution in [0.4, 0.5) is 0 Å². The number of nitrogens with zero attached hydrogens (tertiary/aromatic N) is 2. The number of aromatic nitrogens is 2. The van der Waals surface area contributed by atoms with Gasteiger partial charge in [0, 0.05) is 36.3 Å². The molecule has 2 amide bonds. The van der Waals surface area contributed by atoms with Gasteiger partial charge in [-0.1, -0.05) is 11.6 Å². The van der Waals surface area contributed by atoms with Gasteiger partial charge in [0.15, 0.2) is 5.82 Å². The first-order chi connectivity index (χ1) is 12.4. The molecule has 26 heavy (non-hydrogen) atoms. The largest absolute Gasteiger partial charge is 0.487 e. The fourth-order valence-corrected chi connectivity index (χ4v) is 3.09. The fraction of sp³-hybridized carbons (Fsp3) is 0.333. The number of amides is 2. The van der Waals surface area contributed by atoms with Gasteiger partial charge in [0.1, 0.15) is 17.9 Å². The zero-order chi connectivity index (χ0) is 18.7. The van der Waals surface area contributed by atoms with E-state index in [2.05, 4.69) is 20.6 Å². The molecule has 136 valence electrons. The minimum absolute atomic E-state index is 0.223. The van der Waals surface area contributed by atoms with Gasteiger partial charge in [-0.3, -0.25) is 9.59 Å². The number of fused-ring (bicyclic) bond motifs is 1. The van der Waals surface area contributed by atoms with Crippen LogP contribution >= 0.6 is 11.6 Å². The molecule has 1 aromatic heterocycles. The van der Waals surface area contributed by atoms with Crippen molar-refractivity contribution < 1.29 is 14.3 Å². The van der Waals surface area contributed by atoms with Crippen molar-refractivity contribution in [1.82, 2.24) is 20.6 Å². The summed E-state index contributed by atoms with van der Waals surface area (Å²) in [6.07, 6.45) is 3.71. The van der Waals surface area contributed by atoms with E-state index in [0.29, 0.717) is 29.6 Å². The summed E-state index contributed by atoms with van der Waals surface area (Å²) in [6.45, 7) is 3.33. The minimum Gasteiger partial charge on any atom is -0.487 e. The second-order valence-electron chi connectivity index (χ2n) is 6.13. The molecule has 2 atom stereocenters. The quantitative estimate of drug-likeness (QED) is 0.831. The van der Waals surface area contributed by atoms with Gasteiger partial charge in [-0.25, -0.2) is 9.97 Å². The number of ether oxygens (including phenoxy) is 1. The number of benzene rings is 1. The highest BCUT2D eigenvalue weighted by Crippen LogP contribution is 2.39. The Morgan fingerprint density at radius 2 is 2.08 bits per heavy atom. The number of nitrogens with one attached hydrogen (secondary N) is 2. The third-order valence-corrected chi connectivity index (χ3v) is 4.20. The van der Waals surface area contributed by atoms with E-state index in [0.717, 1.165) is 11.1 Å². The Kier molecular flexibility index (Phi) is 5.37. The van der Waals surface area contributed by atoms with Gasteiger partial charge in [-0.05, 0) is 25.1 Å². The predicted octanol–water partition coefficient (Wildman–Crippen LogP) is 1.74. The Balaban J connectivity index is 1.69. The molecule has 1 aliphatic heterocycles. The molecule has 0 saturated heterocycles. The summed E-state index contributed by atoms with van der Waals surface area (Å²) < 4.78 is 6.02. The van der Waals surface area contributed by atoms with Gasteiger partial charge in [0.25, 0.3) is 0 Å². The zero-order valence-corrected chi connectivity index (χ0v) is 15.2. The van der Waals surface area contributed by atoms with Gasteiger partial charge in [0.05, 0.1) is 12.1 Å². The molecule has 7 nitrogen and oxygen atoms in total. The molecular weight excluding hydrogens is 356 g/mol. The smallest absolute Gasteiger partial charge is 0.242 e. The Morgan fingerprint density at radius 3 is 2.77 bits per heavy atom. The zero-order valence-electron chi connectivity index (χ0n) is 14.5. The van der Waals surface area contributed by atoms with E-state index in [9.17, 15) is 9.59 Å². The molecule has 0 radical (unpaired) electrons. The summed E-state index contributed by atoms with van der Waals surface area (Å²) in [6, 6.07) is 4.77. The van der Waals surface area contributed by atoms with Crippen molar-refractivity contribution in [2.75, 3.05) is 6.54 Å². The van der Waals surface area contributed by atoms with Gasteiger partial charge in [-0.2, -0.15) is 0 Å². The topological polar surface area (TPSA) is 93.2 Å². The fourth-order valence-electron chi connectivity index (χ4n) is 2.85. The van der Waals surface area contributed by atoms with Crippen molar-refractivity contribution >= 4 is 23.4 Å². The summed E-state index contributed by atoms with van der Waals surface area (Å²) in [5.41, 5.74) is 1.68. The van der Waals surface area contributed by atoms with E-state index in [1.807, 2.05) is 6.07 Å². The Hall–Kier alpha value is -2.67. The van der Waals surface area contributed by atoms with Gasteiger partial charge in [0.2, 0.25) is 11.8 Å². The number of rotatable bonds is 5. The van der Waals surface area contributed by atoms with Gasteiger partial charge in [-0.15, -0.1) is 0 Å². The molecule has 2 heterocycles. The van der Waals surface area contributed by atoms with E-state index < -0.39 is 6.04 Å². The normalized spacial score (nSPS) is 16.3. The van der Waals surface area contributed by atoms with Crippen LogP contribution in [0.3, 0.4) is 0 Å².